The number of aromatic hydroxyl groups is 1. The van der Waals surface area contributed by atoms with Crippen LogP contribution in [-0.4, -0.2) is 137 Å². The average molecular weight is 944 g/mol. The van der Waals surface area contributed by atoms with Crippen molar-refractivity contribution in [2.45, 2.75) is 129 Å². The minimum absolute atomic E-state index is 0.00349. The summed E-state index contributed by atoms with van der Waals surface area (Å²) < 4.78 is 31.7. The van der Waals surface area contributed by atoms with Crippen molar-refractivity contribution in [1.82, 2.24) is 31.5 Å². The minimum atomic E-state index is -5.08. The van der Waals surface area contributed by atoms with E-state index >= 15 is 0 Å². The molecule has 21 nitrogen and oxygen atoms in total. The number of amides is 5. The van der Waals surface area contributed by atoms with Gasteiger partial charge in [0, 0.05) is 39.0 Å². The van der Waals surface area contributed by atoms with E-state index in [1.807, 2.05) is 13.8 Å². The summed E-state index contributed by atoms with van der Waals surface area (Å²) in [6.45, 7) is 11.5. The van der Waals surface area contributed by atoms with Crippen LogP contribution in [0.5, 0.6) is 5.75 Å². The first-order chi connectivity index (χ1) is 30.6. The normalized spacial score (nSPS) is 16.3. The summed E-state index contributed by atoms with van der Waals surface area (Å²) in [6.07, 6.45) is -2.53. The molecule has 6 atom stereocenters. The van der Waals surface area contributed by atoms with Gasteiger partial charge in [-0.1, -0.05) is 53.7 Å². The fourth-order valence-corrected chi connectivity index (χ4v) is 6.62. The van der Waals surface area contributed by atoms with E-state index in [1.54, 1.807) is 46.9 Å². The number of nitrogens with zero attached hydrogens (tertiary/aromatic N) is 3. The third-order valence-corrected chi connectivity index (χ3v) is 10.2. The van der Waals surface area contributed by atoms with E-state index < -0.39 is 83.3 Å². The van der Waals surface area contributed by atoms with Gasteiger partial charge in [0.25, 0.3) is 0 Å². The Morgan fingerprint density at radius 2 is 1.42 bits per heavy atom. The van der Waals surface area contributed by atoms with Crippen molar-refractivity contribution < 1.29 is 62.1 Å². The smallest absolute Gasteiger partial charge is 0.490 e. The number of aliphatic carboxylic acids is 2. The molecule has 1 aliphatic rings. The SMILES string of the molecule is CN=C(N)NCCC[C@H](C)C(=O)N[C@@H](CCCN=C(N)N)C(=O)N1CCC[C@H]1C(=O)N[C@@H](Cc1ccc(O)cc1)C(=O)N[C@H](C(=O)N[C@@H](CC(C)C)C(=O)O)C(C)(C)C.O=C(O)C(F)(F)F. The molecular weight excluding hydrogens is 876 g/mol. The maximum atomic E-state index is 14.2. The number of nitrogens with two attached hydrogens (primary N) is 3. The number of guanidine groups is 2. The van der Waals surface area contributed by atoms with E-state index in [2.05, 4.69) is 36.6 Å². The van der Waals surface area contributed by atoms with Crippen molar-refractivity contribution in [2.75, 3.05) is 26.7 Å². The van der Waals surface area contributed by atoms with E-state index in [0.717, 1.165) is 0 Å². The fourth-order valence-electron chi connectivity index (χ4n) is 6.62. The molecule has 1 aliphatic heterocycles. The highest BCUT2D eigenvalue weighted by molar-refractivity contribution is 5.96. The maximum absolute atomic E-state index is 14.2. The van der Waals surface area contributed by atoms with Crippen molar-refractivity contribution in [1.29, 1.82) is 0 Å². The van der Waals surface area contributed by atoms with Gasteiger partial charge in [0.2, 0.25) is 29.5 Å². The summed E-state index contributed by atoms with van der Waals surface area (Å²) in [5, 5.41) is 40.7. The van der Waals surface area contributed by atoms with Gasteiger partial charge in [0.15, 0.2) is 11.9 Å². The number of nitrogens with one attached hydrogen (secondary N) is 5. The Morgan fingerprint density at radius 1 is 0.833 bits per heavy atom. The fraction of sp³-hybridized carbons (Fsp3) is 0.643. The zero-order chi connectivity index (χ0) is 50.5. The summed E-state index contributed by atoms with van der Waals surface area (Å²) in [5.74, 6) is -7.13. The van der Waals surface area contributed by atoms with Crippen LogP contribution in [0.3, 0.4) is 0 Å². The quantitative estimate of drug-likeness (QED) is 0.0433. The molecule has 66 heavy (non-hydrogen) atoms. The number of carboxylic acid groups (broad SMARTS) is 2. The van der Waals surface area contributed by atoms with Gasteiger partial charge < -0.3 is 64.0 Å². The molecule has 0 bridgehead atoms. The Morgan fingerprint density at radius 3 is 1.94 bits per heavy atom. The van der Waals surface area contributed by atoms with Crippen LogP contribution in [0.1, 0.15) is 92.1 Å². The number of hydrogen-bond donors (Lipinski definition) is 11. The van der Waals surface area contributed by atoms with E-state index in [0.29, 0.717) is 37.8 Å². The van der Waals surface area contributed by atoms with E-state index in [4.69, 9.17) is 27.1 Å². The van der Waals surface area contributed by atoms with Crippen LogP contribution in [0.25, 0.3) is 0 Å². The molecule has 0 saturated carbocycles. The van der Waals surface area contributed by atoms with Crippen molar-refractivity contribution in [3.63, 3.8) is 0 Å². The molecule has 1 saturated heterocycles. The van der Waals surface area contributed by atoms with Gasteiger partial charge in [-0.15, -0.1) is 0 Å². The zero-order valence-corrected chi connectivity index (χ0v) is 38.5. The van der Waals surface area contributed by atoms with Gasteiger partial charge >= 0.3 is 18.1 Å². The predicted octanol–water partition coefficient (Wildman–Crippen LogP) is 0.679. The van der Waals surface area contributed by atoms with Gasteiger partial charge in [-0.3, -0.25) is 34.0 Å². The highest BCUT2D eigenvalue weighted by Crippen LogP contribution is 2.23. The minimum Gasteiger partial charge on any atom is -0.508 e. The lowest BCUT2D eigenvalue weighted by Crippen LogP contribution is -2.61. The average Bonchev–Trinajstić information content (AvgIpc) is 3.72. The van der Waals surface area contributed by atoms with Crippen molar-refractivity contribution in [3.8, 4) is 5.75 Å². The summed E-state index contributed by atoms with van der Waals surface area (Å²) >= 11 is 0. The lowest BCUT2D eigenvalue weighted by molar-refractivity contribution is -0.192. The molecule has 1 aromatic carbocycles. The van der Waals surface area contributed by atoms with E-state index in [-0.39, 0.29) is 68.3 Å². The topological polar surface area (TPSA) is 346 Å². The van der Waals surface area contributed by atoms with Crippen LogP contribution >= 0.6 is 0 Å². The molecule has 1 heterocycles. The number of alkyl halides is 3. The molecule has 5 amide bonds. The number of likely N-dealkylation sites (tertiary alicyclic amines) is 1. The Bertz CT molecular complexity index is 1850. The molecule has 0 spiro atoms. The number of carbonyl (C=O) groups is 7. The number of halogens is 3. The van der Waals surface area contributed by atoms with Gasteiger partial charge in [-0.2, -0.15) is 13.2 Å². The summed E-state index contributed by atoms with van der Waals surface area (Å²) in [4.78, 5) is 99.5. The first-order valence-electron chi connectivity index (χ1n) is 21.4. The summed E-state index contributed by atoms with van der Waals surface area (Å²) in [6, 6.07) is 0.432. The molecule has 2 rings (SSSR count). The Labute approximate surface area is 382 Å². The molecule has 0 aromatic heterocycles. The molecule has 24 heteroatoms. The van der Waals surface area contributed by atoms with Gasteiger partial charge in [-0.05, 0) is 74.0 Å². The lowest BCUT2D eigenvalue weighted by Gasteiger charge is -2.33. The largest absolute Gasteiger partial charge is 0.508 e. The number of benzene rings is 1. The number of phenols is 1. The van der Waals surface area contributed by atoms with Crippen LogP contribution in [0, 0.1) is 17.3 Å². The second kappa shape index (κ2) is 27.2. The summed E-state index contributed by atoms with van der Waals surface area (Å²) in [7, 11) is 1.56. The Hall–Kier alpha value is -6.36. The number of phenolic OH excluding ortho intramolecular Hbond substituents is 1. The number of rotatable bonds is 22. The lowest BCUT2D eigenvalue weighted by atomic mass is 9.85. The van der Waals surface area contributed by atoms with Gasteiger partial charge in [0.1, 0.15) is 36.0 Å². The van der Waals surface area contributed by atoms with Crippen LogP contribution in [0.15, 0.2) is 34.3 Å². The second-order valence-electron chi connectivity index (χ2n) is 17.3. The number of hydrogen-bond acceptors (Lipinski definition) is 10. The molecule has 0 unspecified atom stereocenters. The highest BCUT2D eigenvalue weighted by Gasteiger charge is 2.41. The van der Waals surface area contributed by atoms with Crippen molar-refractivity contribution >= 4 is 53.4 Å². The first kappa shape index (κ1) is 57.7. The predicted molar refractivity (Wildman–Crippen MR) is 238 cm³/mol. The van der Waals surface area contributed by atoms with Gasteiger partial charge in [-0.25, -0.2) is 9.59 Å². The molecule has 372 valence electrons. The zero-order valence-electron chi connectivity index (χ0n) is 38.5. The van der Waals surface area contributed by atoms with Crippen LogP contribution < -0.4 is 43.8 Å². The molecule has 1 aromatic rings. The number of carboxylic acids is 2. The Balaban J connectivity index is 0.00000286. The van der Waals surface area contributed by atoms with Crippen LogP contribution in [0.2, 0.25) is 0 Å². The summed E-state index contributed by atoms with van der Waals surface area (Å²) in [5.41, 5.74) is 16.4. The maximum Gasteiger partial charge on any atom is 0.490 e. The molecular formula is C42H68F3N11O10. The molecule has 1 fully saturated rings. The highest BCUT2D eigenvalue weighted by atomic mass is 19.4. The number of carbonyl (C=O) groups excluding carboxylic acids is 5. The molecule has 0 radical (unpaired) electrons. The molecule has 14 N–H and O–H groups in total. The third-order valence-electron chi connectivity index (χ3n) is 10.2. The standard InChI is InChI=1S/C40H67N11O8.C2HF3O2/c1-23(2)21-29(37(58)59)49-35(56)31(40(4,5)6)50-33(54)28(22-25-14-16-26(52)17-15-25)48-34(55)30-13-10-20-51(30)36(57)27(12-9-18-45-38(41)42)47-32(53)24(3)11-8-19-46-39(43)44-7;3-2(4,5)1(6)7/h14-17,23-24,27-31,52H,8-13,18-22H2,1-7H3,(H,47,53)(H,48,55)(H,49,56)(H,50,54)(H,58,59)(H4,41,42,45)(H3,43,44,46);(H,6,7)/t24-,27-,28-,29-,30-,31+;/m0./s1. The van der Waals surface area contributed by atoms with Crippen molar-refractivity contribution in [3.05, 3.63) is 29.8 Å². The van der Waals surface area contributed by atoms with Crippen molar-refractivity contribution in [2.24, 2.45) is 44.4 Å². The second-order valence-corrected chi connectivity index (χ2v) is 17.3. The Kier molecular flexibility index (Phi) is 23.8. The van der Waals surface area contributed by atoms with Gasteiger partial charge in [0.05, 0.1) is 0 Å². The van der Waals surface area contributed by atoms with E-state index in [9.17, 15) is 52.2 Å². The molecule has 0 aliphatic carbocycles. The van der Waals surface area contributed by atoms with Crippen LogP contribution in [-0.2, 0) is 40.0 Å². The third kappa shape index (κ3) is 21.1. The monoisotopic (exact) mass is 944 g/mol. The van der Waals surface area contributed by atoms with E-state index in [1.165, 1.54) is 17.0 Å². The van der Waals surface area contributed by atoms with Crippen LogP contribution in [0.4, 0.5) is 13.2 Å². The first-order valence-corrected chi connectivity index (χ1v) is 21.4. The number of aliphatic imine (C=N–C) groups is 2.